The fourth-order valence-corrected chi connectivity index (χ4v) is 2.59. The molecule has 0 unspecified atom stereocenters. The second-order valence-electron chi connectivity index (χ2n) is 5.11. The number of hydrogen-bond acceptors (Lipinski definition) is 5. The molecule has 0 atom stereocenters. The van der Waals surface area contributed by atoms with Gasteiger partial charge >= 0.3 is 0 Å². The minimum absolute atomic E-state index is 0.0534. The summed E-state index contributed by atoms with van der Waals surface area (Å²) < 4.78 is 0. The number of aryl methyl sites for hydroxylation is 1. The highest BCUT2D eigenvalue weighted by molar-refractivity contribution is 5.91. The minimum atomic E-state index is -0.0534. The minimum Gasteiger partial charge on any atom is -0.333 e. The number of aromatic amines is 1. The fourth-order valence-electron chi connectivity index (χ4n) is 2.59. The zero-order valence-corrected chi connectivity index (χ0v) is 11.2. The molecule has 0 saturated carbocycles. The number of amides is 1. The van der Waals surface area contributed by atoms with Gasteiger partial charge in [0.25, 0.3) is 5.91 Å². The lowest BCUT2D eigenvalue weighted by Crippen LogP contribution is -2.64. The summed E-state index contributed by atoms with van der Waals surface area (Å²) in [7, 11) is 0. The van der Waals surface area contributed by atoms with Crippen LogP contribution in [0.1, 0.15) is 23.4 Å². The van der Waals surface area contributed by atoms with Crippen molar-refractivity contribution in [2.45, 2.75) is 19.4 Å². The van der Waals surface area contributed by atoms with Crippen LogP contribution in [0.5, 0.6) is 0 Å². The molecule has 1 aromatic rings. The molecule has 3 heterocycles. The maximum Gasteiger partial charge on any atom is 0.293 e. The van der Waals surface area contributed by atoms with Gasteiger partial charge in [-0.2, -0.15) is 0 Å². The van der Waals surface area contributed by atoms with Gasteiger partial charge < -0.3 is 10.2 Å². The molecule has 1 aromatic heterocycles. The topological polar surface area (TPSA) is 77.2 Å². The van der Waals surface area contributed by atoms with E-state index in [1.807, 2.05) is 11.8 Å². The summed E-state index contributed by atoms with van der Waals surface area (Å²) in [6, 6.07) is 0.510. The van der Waals surface area contributed by atoms with Crippen molar-refractivity contribution in [3.05, 3.63) is 11.6 Å². The van der Waals surface area contributed by atoms with E-state index < -0.39 is 0 Å². The molecule has 3 rings (SSSR count). The van der Waals surface area contributed by atoms with Crippen LogP contribution < -0.4 is 5.32 Å². The Kier molecular flexibility index (Phi) is 3.48. The Hall–Kier alpha value is -1.47. The molecule has 0 bridgehead atoms. The van der Waals surface area contributed by atoms with Gasteiger partial charge in [-0.05, 0) is 0 Å². The van der Waals surface area contributed by atoms with Crippen molar-refractivity contribution < 1.29 is 4.79 Å². The van der Waals surface area contributed by atoms with Gasteiger partial charge in [-0.25, -0.2) is 4.98 Å². The molecular weight excluding hydrogens is 244 g/mol. The SMILES string of the molecule is CCc1nc(C(=O)N2CC(N3CCNCC3)C2)n[nH]1. The first-order chi connectivity index (χ1) is 9.28. The number of nitrogens with one attached hydrogen (secondary N) is 2. The standard InChI is InChI=1S/C12H20N6O/c1-2-10-14-11(16-15-10)12(19)18-7-9(8-18)17-5-3-13-4-6-17/h9,13H,2-8H2,1H3,(H,14,15,16). The van der Waals surface area contributed by atoms with Gasteiger partial charge in [0.05, 0.1) is 0 Å². The van der Waals surface area contributed by atoms with Crippen LogP contribution in [0.4, 0.5) is 0 Å². The van der Waals surface area contributed by atoms with Crippen molar-refractivity contribution in [2.24, 2.45) is 0 Å². The molecule has 104 valence electrons. The predicted molar refractivity (Wildman–Crippen MR) is 69.9 cm³/mol. The molecular formula is C12H20N6O. The average molecular weight is 264 g/mol. The second-order valence-corrected chi connectivity index (χ2v) is 5.11. The Morgan fingerprint density at radius 1 is 1.37 bits per heavy atom. The second kappa shape index (κ2) is 5.26. The van der Waals surface area contributed by atoms with Crippen LogP contribution in [0.3, 0.4) is 0 Å². The Morgan fingerprint density at radius 2 is 2.11 bits per heavy atom. The van der Waals surface area contributed by atoms with E-state index in [1.54, 1.807) is 0 Å². The van der Waals surface area contributed by atoms with Gasteiger partial charge in [0.1, 0.15) is 5.82 Å². The number of likely N-dealkylation sites (tertiary alicyclic amines) is 1. The Bertz CT molecular complexity index is 447. The van der Waals surface area contributed by atoms with Crippen LogP contribution in [0.15, 0.2) is 0 Å². The lowest BCUT2D eigenvalue weighted by Gasteiger charge is -2.46. The molecule has 0 spiro atoms. The van der Waals surface area contributed by atoms with Crippen molar-refractivity contribution in [3.63, 3.8) is 0 Å². The molecule has 0 aromatic carbocycles. The molecule has 19 heavy (non-hydrogen) atoms. The molecule has 0 radical (unpaired) electrons. The Balaban J connectivity index is 1.53. The largest absolute Gasteiger partial charge is 0.333 e. The number of H-pyrrole nitrogens is 1. The van der Waals surface area contributed by atoms with Crippen LogP contribution in [0.2, 0.25) is 0 Å². The van der Waals surface area contributed by atoms with Gasteiger partial charge in [-0.15, -0.1) is 5.10 Å². The van der Waals surface area contributed by atoms with Crippen LogP contribution in [0.25, 0.3) is 0 Å². The number of piperazine rings is 1. The first-order valence-corrected chi connectivity index (χ1v) is 6.93. The van der Waals surface area contributed by atoms with Crippen LogP contribution in [-0.2, 0) is 6.42 Å². The third kappa shape index (κ3) is 2.48. The lowest BCUT2D eigenvalue weighted by atomic mass is 10.1. The summed E-state index contributed by atoms with van der Waals surface area (Å²) in [5.41, 5.74) is 0. The van der Waals surface area contributed by atoms with Gasteiger partial charge in [0, 0.05) is 51.7 Å². The number of hydrogen-bond donors (Lipinski definition) is 2. The maximum atomic E-state index is 12.1. The van der Waals surface area contributed by atoms with Crippen molar-refractivity contribution in [2.75, 3.05) is 39.3 Å². The summed E-state index contributed by atoms with van der Waals surface area (Å²) in [5, 5.41) is 10.1. The van der Waals surface area contributed by atoms with E-state index in [4.69, 9.17) is 0 Å². The van der Waals surface area contributed by atoms with Gasteiger partial charge in [0.15, 0.2) is 0 Å². The van der Waals surface area contributed by atoms with Crippen molar-refractivity contribution in [3.8, 4) is 0 Å². The normalized spacial score (nSPS) is 21.4. The zero-order chi connectivity index (χ0) is 13.2. The highest BCUT2D eigenvalue weighted by Gasteiger charge is 2.36. The summed E-state index contributed by atoms with van der Waals surface area (Å²) in [6.45, 7) is 7.83. The van der Waals surface area contributed by atoms with E-state index in [9.17, 15) is 4.79 Å². The summed E-state index contributed by atoms with van der Waals surface area (Å²) in [6.07, 6.45) is 0.768. The van der Waals surface area contributed by atoms with Crippen molar-refractivity contribution >= 4 is 5.91 Å². The number of carbonyl (C=O) groups excluding carboxylic acids is 1. The van der Waals surface area contributed by atoms with Gasteiger partial charge in [-0.3, -0.25) is 14.8 Å². The number of nitrogens with zero attached hydrogens (tertiary/aromatic N) is 4. The molecule has 2 N–H and O–H groups in total. The highest BCUT2D eigenvalue weighted by Crippen LogP contribution is 2.17. The Labute approximate surface area is 112 Å². The number of rotatable bonds is 3. The van der Waals surface area contributed by atoms with E-state index in [0.29, 0.717) is 11.9 Å². The molecule has 0 aliphatic carbocycles. The fraction of sp³-hybridized carbons (Fsp3) is 0.750. The van der Waals surface area contributed by atoms with Crippen molar-refractivity contribution in [1.29, 1.82) is 0 Å². The monoisotopic (exact) mass is 264 g/mol. The van der Waals surface area contributed by atoms with Gasteiger partial charge in [-0.1, -0.05) is 6.92 Å². The average Bonchev–Trinajstić information content (AvgIpc) is 2.87. The van der Waals surface area contributed by atoms with E-state index >= 15 is 0 Å². The molecule has 2 saturated heterocycles. The van der Waals surface area contributed by atoms with Gasteiger partial charge in [0.2, 0.25) is 5.82 Å². The first kappa shape index (κ1) is 12.6. The summed E-state index contributed by atoms with van der Waals surface area (Å²) in [4.78, 5) is 20.6. The molecule has 2 fully saturated rings. The van der Waals surface area contributed by atoms with E-state index in [2.05, 4.69) is 25.4 Å². The first-order valence-electron chi connectivity index (χ1n) is 6.93. The molecule has 2 aliphatic heterocycles. The molecule has 1 amide bonds. The smallest absolute Gasteiger partial charge is 0.293 e. The highest BCUT2D eigenvalue weighted by atomic mass is 16.2. The molecule has 2 aliphatic rings. The van der Waals surface area contributed by atoms with E-state index in [1.165, 1.54) is 0 Å². The predicted octanol–water partition coefficient (Wildman–Crippen LogP) is -0.903. The Morgan fingerprint density at radius 3 is 2.74 bits per heavy atom. The summed E-state index contributed by atoms with van der Waals surface area (Å²) in [5.74, 6) is 1.01. The maximum absolute atomic E-state index is 12.1. The molecule has 7 heteroatoms. The van der Waals surface area contributed by atoms with Crippen molar-refractivity contribution in [1.82, 2.24) is 30.3 Å². The van der Waals surface area contributed by atoms with E-state index in [-0.39, 0.29) is 5.91 Å². The number of carbonyl (C=O) groups is 1. The van der Waals surface area contributed by atoms with Crippen LogP contribution in [0, 0.1) is 0 Å². The summed E-state index contributed by atoms with van der Waals surface area (Å²) >= 11 is 0. The quantitative estimate of drug-likeness (QED) is 0.739. The number of aromatic nitrogens is 3. The molecule has 7 nitrogen and oxygen atoms in total. The van der Waals surface area contributed by atoms with Crippen LogP contribution >= 0.6 is 0 Å². The lowest BCUT2D eigenvalue weighted by molar-refractivity contribution is 0.0218. The van der Waals surface area contributed by atoms with Crippen LogP contribution in [-0.4, -0.2) is 76.2 Å². The third-order valence-electron chi connectivity index (χ3n) is 3.88. The third-order valence-corrected chi connectivity index (χ3v) is 3.88. The van der Waals surface area contributed by atoms with E-state index in [0.717, 1.165) is 51.5 Å². The zero-order valence-electron chi connectivity index (χ0n) is 11.2.